The first kappa shape index (κ1) is 60.3. The minimum absolute atomic E-state index is 0.0947. The Labute approximate surface area is 394 Å². The second kappa shape index (κ2) is 52.0. The molecule has 364 valence electrons. The molecule has 0 aliphatic rings. The molecule has 0 spiro atoms. The van der Waals surface area contributed by atoms with Crippen LogP contribution in [0, 0.1) is 0 Å². The second-order valence-electron chi connectivity index (χ2n) is 17.1. The molecule has 0 aromatic carbocycles. The largest absolute Gasteiger partial charge is 0.462 e. The van der Waals surface area contributed by atoms with Crippen molar-refractivity contribution in [3.8, 4) is 0 Å². The molecule has 0 aromatic heterocycles. The number of hydrogen-bond acceptors (Lipinski definition) is 6. The van der Waals surface area contributed by atoms with Crippen LogP contribution in [0.4, 0.5) is 0 Å². The number of rotatable bonds is 46. The molecule has 0 bridgehead atoms. The average molecular weight is 889 g/mol. The minimum atomic E-state index is -0.797. The normalized spacial score (nSPS) is 12.9. The van der Waals surface area contributed by atoms with E-state index in [0.717, 1.165) is 116 Å². The van der Waals surface area contributed by atoms with E-state index >= 15 is 0 Å². The molecule has 0 aliphatic carbocycles. The molecule has 0 N–H and O–H groups in total. The van der Waals surface area contributed by atoms with Crippen LogP contribution in [0.1, 0.15) is 233 Å². The zero-order chi connectivity index (χ0) is 46.5. The molecule has 0 aromatic rings. The summed E-state index contributed by atoms with van der Waals surface area (Å²) in [5.41, 5.74) is 0. The molecule has 6 heteroatoms. The zero-order valence-corrected chi connectivity index (χ0v) is 41.5. The molecule has 0 rings (SSSR count). The summed E-state index contributed by atoms with van der Waals surface area (Å²) in [4.78, 5) is 38.0. The Kier molecular flexibility index (Phi) is 49.0. The molecule has 6 nitrogen and oxygen atoms in total. The molecule has 0 saturated heterocycles. The van der Waals surface area contributed by atoms with Gasteiger partial charge < -0.3 is 14.2 Å². The summed E-state index contributed by atoms with van der Waals surface area (Å²) in [6, 6.07) is 0. The first-order valence-corrected chi connectivity index (χ1v) is 26.3. The third-order valence-electron chi connectivity index (χ3n) is 10.9. The van der Waals surface area contributed by atoms with E-state index in [2.05, 4.69) is 99.8 Å². The third-order valence-corrected chi connectivity index (χ3v) is 10.9. The van der Waals surface area contributed by atoms with Crippen LogP contribution < -0.4 is 0 Å². The molecule has 1 atom stereocenters. The Morgan fingerprint density at radius 2 is 0.688 bits per heavy atom. The Morgan fingerprint density at radius 1 is 0.344 bits per heavy atom. The standard InChI is InChI=1S/C58H96O6/c1-4-7-10-13-16-19-22-25-27-28-29-30-32-33-36-39-42-45-48-51-57(60)63-54-55(53-62-56(59)50-47-44-41-38-35-24-21-18-15-12-9-6-3)64-58(61)52-49-46-43-40-37-34-31-26-23-20-17-14-11-8-5-2/h8-9,11-12,14,16-23,25-26,31,55H,4-7,10,13,15,24,27-30,32-54H2,1-3H3/b11-8-,12-9-,17-14-,19-16-,21-18-,23-20-,25-22-,31-26-. The maximum Gasteiger partial charge on any atom is 0.306 e. The molecule has 0 heterocycles. The lowest BCUT2D eigenvalue weighted by Gasteiger charge is -2.18. The number of carbonyl (C=O) groups excluding carboxylic acids is 3. The van der Waals surface area contributed by atoms with E-state index in [1.165, 1.54) is 77.0 Å². The highest BCUT2D eigenvalue weighted by molar-refractivity contribution is 5.71. The fourth-order valence-electron chi connectivity index (χ4n) is 7.01. The number of hydrogen-bond donors (Lipinski definition) is 0. The van der Waals surface area contributed by atoms with E-state index in [1.807, 2.05) is 18.2 Å². The summed E-state index contributed by atoms with van der Waals surface area (Å²) in [7, 11) is 0. The van der Waals surface area contributed by atoms with Crippen LogP contribution in [0.3, 0.4) is 0 Å². The van der Waals surface area contributed by atoms with Gasteiger partial charge in [-0.05, 0) is 89.9 Å². The van der Waals surface area contributed by atoms with E-state index in [-0.39, 0.29) is 31.1 Å². The van der Waals surface area contributed by atoms with Gasteiger partial charge in [-0.2, -0.15) is 0 Å². The summed E-state index contributed by atoms with van der Waals surface area (Å²) in [6.45, 7) is 6.32. The Morgan fingerprint density at radius 3 is 1.14 bits per heavy atom. The van der Waals surface area contributed by atoms with E-state index in [1.54, 1.807) is 0 Å². The smallest absolute Gasteiger partial charge is 0.306 e. The molecule has 0 saturated carbocycles. The van der Waals surface area contributed by atoms with Crippen LogP contribution in [0.2, 0.25) is 0 Å². The number of esters is 3. The zero-order valence-electron chi connectivity index (χ0n) is 41.5. The number of allylic oxidation sites excluding steroid dienone is 16. The molecule has 0 radical (unpaired) electrons. The van der Waals surface area contributed by atoms with Crippen molar-refractivity contribution in [3.63, 3.8) is 0 Å². The first-order valence-electron chi connectivity index (χ1n) is 26.3. The van der Waals surface area contributed by atoms with Crippen molar-refractivity contribution < 1.29 is 28.6 Å². The number of ether oxygens (including phenoxy) is 3. The quantitative estimate of drug-likeness (QED) is 0.0199. The number of carbonyl (C=O) groups is 3. The summed E-state index contributed by atoms with van der Waals surface area (Å²) in [5.74, 6) is -0.939. The molecule has 64 heavy (non-hydrogen) atoms. The Balaban J connectivity index is 4.41. The summed E-state index contributed by atoms with van der Waals surface area (Å²) in [6.07, 6.45) is 68.2. The third kappa shape index (κ3) is 49.3. The van der Waals surface area contributed by atoms with Crippen molar-refractivity contribution in [3.05, 3.63) is 97.2 Å². The Hall–Kier alpha value is -3.67. The highest BCUT2D eigenvalue weighted by Crippen LogP contribution is 2.14. The monoisotopic (exact) mass is 889 g/mol. The molecular weight excluding hydrogens is 793 g/mol. The molecule has 0 fully saturated rings. The van der Waals surface area contributed by atoms with Gasteiger partial charge in [0, 0.05) is 19.3 Å². The lowest BCUT2D eigenvalue weighted by molar-refractivity contribution is -0.167. The van der Waals surface area contributed by atoms with E-state index < -0.39 is 6.10 Å². The van der Waals surface area contributed by atoms with Crippen LogP contribution in [0.5, 0.6) is 0 Å². The van der Waals surface area contributed by atoms with Crippen molar-refractivity contribution in [2.24, 2.45) is 0 Å². The molecule has 0 aliphatic heterocycles. The molecule has 1 unspecified atom stereocenters. The van der Waals surface area contributed by atoms with Crippen molar-refractivity contribution in [1.29, 1.82) is 0 Å². The van der Waals surface area contributed by atoms with Crippen molar-refractivity contribution in [1.82, 2.24) is 0 Å². The van der Waals surface area contributed by atoms with Crippen LogP contribution in [-0.2, 0) is 28.6 Å². The highest BCUT2D eigenvalue weighted by Gasteiger charge is 2.19. The summed E-state index contributed by atoms with van der Waals surface area (Å²) < 4.78 is 16.8. The van der Waals surface area contributed by atoms with Crippen molar-refractivity contribution in [2.45, 2.75) is 239 Å². The second-order valence-corrected chi connectivity index (χ2v) is 17.1. The SMILES string of the molecule is CC\C=C/C=C\C=C/C=C\CCCCCCCC(=O)OC(COC(=O)CCCCCCC/C=C\C/C=C\CC)COC(=O)CCCCCCCCCCCC/C=C\C=C/CCCCC. The predicted octanol–water partition coefficient (Wildman–Crippen LogP) is 17.4. The topological polar surface area (TPSA) is 78.9 Å². The summed E-state index contributed by atoms with van der Waals surface area (Å²) >= 11 is 0. The lowest BCUT2D eigenvalue weighted by atomic mass is 10.1. The first-order chi connectivity index (χ1) is 31.5. The van der Waals surface area contributed by atoms with Gasteiger partial charge in [0.05, 0.1) is 0 Å². The average Bonchev–Trinajstić information content (AvgIpc) is 3.29. The van der Waals surface area contributed by atoms with Crippen LogP contribution in [-0.4, -0.2) is 37.2 Å². The fourth-order valence-corrected chi connectivity index (χ4v) is 7.01. The highest BCUT2D eigenvalue weighted by atomic mass is 16.6. The minimum Gasteiger partial charge on any atom is -0.462 e. The maximum atomic E-state index is 12.8. The number of unbranched alkanes of at least 4 members (excludes halogenated alkanes) is 23. The fraction of sp³-hybridized carbons (Fsp3) is 0.672. The van der Waals surface area contributed by atoms with Gasteiger partial charge in [-0.25, -0.2) is 0 Å². The van der Waals surface area contributed by atoms with Gasteiger partial charge in [-0.1, -0.05) is 221 Å². The lowest BCUT2D eigenvalue weighted by Crippen LogP contribution is -2.30. The van der Waals surface area contributed by atoms with Gasteiger partial charge in [-0.3, -0.25) is 14.4 Å². The van der Waals surface area contributed by atoms with Gasteiger partial charge in [0.15, 0.2) is 6.10 Å². The van der Waals surface area contributed by atoms with E-state index in [0.29, 0.717) is 19.3 Å². The maximum absolute atomic E-state index is 12.8. The van der Waals surface area contributed by atoms with Crippen LogP contribution in [0.25, 0.3) is 0 Å². The van der Waals surface area contributed by atoms with Crippen LogP contribution in [0.15, 0.2) is 97.2 Å². The summed E-state index contributed by atoms with van der Waals surface area (Å²) in [5, 5.41) is 0. The van der Waals surface area contributed by atoms with Crippen molar-refractivity contribution in [2.75, 3.05) is 13.2 Å². The van der Waals surface area contributed by atoms with Gasteiger partial charge >= 0.3 is 17.9 Å². The molecular formula is C58H96O6. The van der Waals surface area contributed by atoms with Gasteiger partial charge in [0.2, 0.25) is 0 Å². The van der Waals surface area contributed by atoms with E-state index in [9.17, 15) is 14.4 Å². The molecule has 0 amide bonds. The predicted molar refractivity (Wildman–Crippen MR) is 274 cm³/mol. The van der Waals surface area contributed by atoms with E-state index in [4.69, 9.17) is 14.2 Å². The van der Waals surface area contributed by atoms with Gasteiger partial charge in [0.25, 0.3) is 0 Å². The van der Waals surface area contributed by atoms with Gasteiger partial charge in [0.1, 0.15) is 13.2 Å². The van der Waals surface area contributed by atoms with Crippen LogP contribution >= 0.6 is 0 Å². The Bertz CT molecular complexity index is 1300. The van der Waals surface area contributed by atoms with Gasteiger partial charge in [-0.15, -0.1) is 0 Å². The van der Waals surface area contributed by atoms with Crippen molar-refractivity contribution >= 4 is 17.9 Å².